The molecule has 0 aromatic carbocycles. The summed E-state index contributed by atoms with van der Waals surface area (Å²) in [6.07, 6.45) is 1.90. The Morgan fingerprint density at radius 3 is 3.00 bits per heavy atom. The molecule has 2 N–H and O–H groups in total. The van der Waals surface area contributed by atoms with Crippen molar-refractivity contribution in [1.29, 1.82) is 0 Å². The Labute approximate surface area is 117 Å². The second-order valence-corrected chi connectivity index (χ2v) is 6.03. The molecule has 0 saturated carbocycles. The van der Waals surface area contributed by atoms with Crippen LogP contribution in [-0.2, 0) is 4.74 Å². The molecule has 6 heteroatoms. The van der Waals surface area contributed by atoms with Crippen LogP contribution in [-0.4, -0.2) is 42.0 Å². The van der Waals surface area contributed by atoms with Crippen LogP contribution < -0.4 is 5.73 Å². The summed E-state index contributed by atoms with van der Waals surface area (Å²) in [7, 11) is 1.65. The second-order valence-electron chi connectivity index (χ2n) is 5.00. The number of aromatic nitrogens is 1. The molecule has 2 atom stereocenters. The lowest BCUT2D eigenvalue weighted by Crippen LogP contribution is -2.45. The van der Waals surface area contributed by atoms with Crippen molar-refractivity contribution in [3.8, 4) is 0 Å². The highest BCUT2D eigenvalue weighted by Crippen LogP contribution is 2.27. The third kappa shape index (κ3) is 3.13. The minimum absolute atomic E-state index is 0.0553. The maximum absolute atomic E-state index is 12.5. The van der Waals surface area contributed by atoms with Crippen LogP contribution in [0.4, 0.5) is 0 Å². The lowest BCUT2D eigenvalue weighted by Gasteiger charge is -2.30. The van der Waals surface area contributed by atoms with Crippen molar-refractivity contribution in [2.75, 3.05) is 20.2 Å². The van der Waals surface area contributed by atoms with Gasteiger partial charge in [-0.2, -0.15) is 0 Å². The Morgan fingerprint density at radius 2 is 2.37 bits per heavy atom. The molecular weight excluding hydrogens is 262 g/mol. The number of carbonyl (C=O) groups excluding carboxylic acids is 1. The van der Waals surface area contributed by atoms with Gasteiger partial charge in [0.2, 0.25) is 0 Å². The Hall–Kier alpha value is -0.980. The third-order valence-electron chi connectivity index (χ3n) is 3.45. The SMILES string of the molecule is COC(C)c1nc(C)c(C(=O)N2CCCC(N)C2)s1. The molecule has 0 radical (unpaired) electrons. The molecular formula is C13H21N3O2S. The van der Waals surface area contributed by atoms with Gasteiger partial charge in [0.25, 0.3) is 5.91 Å². The summed E-state index contributed by atoms with van der Waals surface area (Å²) in [5, 5.41) is 0.852. The first-order valence-corrected chi connectivity index (χ1v) is 7.39. The van der Waals surface area contributed by atoms with Crippen LogP contribution in [0.25, 0.3) is 0 Å². The normalized spacial score (nSPS) is 21.5. The molecule has 5 nitrogen and oxygen atoms in total. The van der Waals surface area contributed by atoms with E-state index < -0.39 is 0 Å². The molecule has 106 valence electrons. The van der Waals surface area contributed by atoms with Crippen molar-refractivity contribution in [2.45, 2.75) is 38.8 Å². The summed E-state index contributed by atoms with van der Waals surface area (Å²) in [6, 6.07) is 0.100. The number of piperidine rings is 1. The Morgan fingerprint density at radius 1 is 1.63 bits per heavy atom. The van der Waals surface area contributed by atoms with E-state index in [4.69, 9.17) is 10.5 Å². The molecule has 1 aromatic rings. The molecule has 2 heterocycles. The number of hydrogen-bond acceptors (Lipinski definition) is 5. The highest BCUT2D eigenvalue weighted by atomic mass is 32.1. The zero-order valence-electron chi connectivity index (χ0n) is 11.7. The smallest absolute Gasteiger partial charge is 0.265 e. The molecule has 1 aliphatic heterocycles. The minimum Gasteiger partial charge on any atom is -0.375 e. The number of rotatable bonds is 3. The number of methoxy groups -OCH3 is 1. The van der Waals surface area contributed by atoms with E-state index in [2.05, 4.69) is 4.98 Å². The number of nitrogens with two attached hydrogens (primary N) is 1. The van der Waals surface area contributed by atoms with Gasteiger partial charge in [0, 0.05) is 26.2 Å². The van der Waals surface area contributed by atoms with Crippen LogP contribution in [0.5, 0.6) is 0 Å². The molecule has 0 bridgehead atoms. The van der Waals surface area contributed by atoms with Crippen molar-refractivity contribution in [1.82, 2.24) is 9.88 Å². The summed E-state index contributed by atoms with van der Waals surface area (Å²) >= 11 is 1.43. The quantitative estimate of drug-likeness (QED) is 0.917. The maximum atomic E-state index is 12.5. The van der Waals surface area contributed by atoms with Gasteiger partial charge in [-0.05, 0) is 26.7 Å². The van der Waals surface area contributed by atoms with Crippen molar-refractivity contribution < 1.29 is 9.53 Å². The molecule has 0 spiro atoms. The van der Waals surface area contributed by atoms with E-state index in [1.54, 1.807) is 7.11 Å². The first-order valence-electron chi connectivity index (χ1n) is 6.58. The summed E-state index contributed by atoms with van der Waals surface area (Å²) < 4.78 is 5.25. The Kier molecular flexibility index (Phi) is 4.54. The summed E-state index contributed by atoms with van der Waals surface area (Å²) in [6.45, 7) is 5.24. The number of carbonyl (C=O) groups is 1. The molecule has 1 saturated heterocycles. The Balaban J connectivity index is 2.16. The van der Waals surface area contributed by atoms with Gasteiger partial charge in [0.15, 0.2) is 0 Å². The summed E-state index contributed by atoms with van der Waals surface area (Å²) in [5.41, 5.74) is 6.71. The average molecular weight is 283 g/mol. The van der Waals surface area contributed by atoms with Gasteiger partial charge in [-0.3, -0.25) is 4.79 Å². The fraction of sp³-hybridized carbons (Fsp3) is 0.692. The van der Waals surface area contributed by atoms with Crippen molar-refractivity contribution in [2.24, 2.45) is 5.73 Å². The topological polar surface area (TPSA) is 68.5 Å². The van der Waals surface area contributed by atoms with Crippen molar-refractivity contribution >= 4 is 17.2 Å². The zero-order chi connectivity index (χ0) is 14.0. The van der Waals surface area contributed by atoms with Gasteiger partial charge in [-0.1, -0.05) is 0 Å². The first-order chi connectivity index (χ1) is 9.02. The maximum Gasteiger partial charge on any atom is 0.265 e. The number of thiazole rings is 1. The number of ether oxygens (including phenoxy) is 1. The lowest BCUT2D eigenvalue weighted by atomic mass is 10.1. The predicted molar refractivity (Wildman–Crippen MR) is 75.4 cm³/mol. The molecule has 1 aliphatic rings. The second kappa shape index (κ2) is 5.98. The van der Waals surface area contributed by atoms with Gasteiger partial charge in [-0.15, -0.1) is 11.3 Å². The standard InChI is InChI=1S/C13H21N3O2S/c1-8-11(19-12(15-8)9(2)18-3)13(17)16-6-4-5-10(14)7-16/h9-10H,4-7,14H2,1-3H3. The van der Waals surface area contributed by atoms with Crippen LogP contribution in [0, 0.1) is 6.92 Å². The van der Waals surface area contributed by atoms with Gasteiger partial charge in [0.05, 0.1) is 5.69 Å². The van der Waals surface area contributed by atoms with Gasteiger partial charge < -0.3 is 15.4 Å². The first kappa shape index (κ1) is 14.4. The van der Waals surface area contributed by atoms with E-state index in [0.717, 1.165) is 30.1 Å². The minimum atomic E-state index is -0.0751. The van der Waals surface area contributed by atoms with Crippen LogP contribution in [0.1, 0.15) is 46.2 Å². The third-order valence-corrected chi connectivity index (χ3v) is 4.76. The molecule has 0 aliphatic carbocycles. The fourth-order valence-corrected chi connectivity index (χ4v) is 3.29. The van der Waals surface area contributed by atoms with Gasteiger partial charge >= 0.3 is 0 Å². The number of aryl methyl sites for hydroxylation is 1. The Bertz CT molecular complexity index is 461. The van der Waals surface area contributed by atoms with Gasteiger partial charge in [-0.25, -0.2) is 4.98 Å². The predicted octanol–water partition coefficient (Wildman–Crippen LogP) is 1.72. The van der Waals surface area contributed by atoms with Gasteiger partial charge in [0.1, 0.15) is 16.0 Å². The number of amides is 1. The number of hydrogen-bond donors (Lipinski definition) is 1. The van der Waals surface area contributed by atoms with Crippen LogP contribution in [0.3, 0.4) is 0 Å². The average Bonchev–Trinajstić information content (AvgIpc) is 2.79. The van der Waals surface area contributed by atoms with Crippen LogP contribution >= 0.6 is 11.3 Å². The zero-order valence-corrected chi connectivity index (χ0v) is 12.5. The van der Waals surface area contributed by atoms with E-state index >= 15 is 0 Å². The lowest BCUT2D eigenvalue weighted by molar-refractivity contribution is 0.0713. The molecule has 1 fully saturated rings. The highest BCUT2D eigenvalue weighted by molar-refractivity contribution is 7.13. The van der Waals surface area contributed by atoms with E-state index in [1.807, 2.05) is 18.7 Å². The van der Waals surface area contributed by atoms with E-state index in [1.165, 1.54) is 11.3 Å². The molecule has 2 unspecified atom stereocenters. The van der Waals surface area contributed by atoms with Crippen LogP contribution in [0.15, 0.2) is 0 Å². The van der Waals surface area contributed by atoms with E-state index in [9.17, 15) is 4.79 Å². The van der Waals surface area contributed by atoms with E-state index in [0.29, 0.717) is 11.4 Å². The van der Waals surface area contributed by atoms with Crippen molar-refractivity contribution in [3.63, 3.8) is 0 Å². The van der Waals surface area contributed by atoms with Crippen LogP contribution in [0.2, 0.25) is 0 Å². The number of nitrogens with zero attached hydrogens (tertiary/aromatic N) is 2. The monoisotopic (exact) mass is 283 g/mol. The van der Waals surface area contributed by atoms with Crippen molar-refractivity contribution in [3.05, 3.63) is 15.6 Å². The molecule has 19 heavy (non-hydrogen) atoms. The molecule has 1 amide bonds. The summed E-state index contributed by atoms with van der Waals surface area (Å²) in [4.78, 5) is 19.5. The van der Waals surface area contributed by atoms with E-state index in [-0.39, 0.29) is 18.1 Å². The molecule has 1 aromatic heterocycles. The summed E-state index contributed by atoms with van der Waals surface area (Å²) in [5.74, 6) is 0.0553. The molecule has 2 rings (SSSR count). The highest BCUT2D eigenvalue weighted by Gasteiger charge is 2.26. The largest absolute Gasteiger partial charge is 0.375 e. The fourth-order valence-electron chi connectivity index (χ4n) is 2.23. The number of likely N-dealkylation sites (tertiary alicyclic amines) is 1.